The molecule has 0 radical (unpaired) electrons. The second-order valence-electron chi connectivity index (χ2n) is 6.42. The minimum absolute atomic E-state index is 0.117. The van der Waals surface area contributed by atoms with Crippen LogP contribution in [-0.4, -0.2) is 23.9 Å². The van der Waals surface area contributed by atoms with Crippen LogP contribution in [0, 0.1) is 5.92 Å². The molecule has 1 aliphatic carbocycles. The van der Waals surface area contributed by atoms with Crippen molar-refractivity contribution in [1.29, 1.82) is 0 Å². The summed E-state index contributed by atoms with van der Waals surface area (Å²) in [5.41, 5.74) is 0.653. The number of imide groups is 1. The number of nitrogens with zero attached hydrogens (tertiary/aromatic N) is 1. The molecule has 1 aromatic carbocycles. The molecule has 5 heteroatoms. The number of anilines is 1. The molecule has 1 aromatic rings. The van der Waals surface area contributed by atoms with Gasteiger partial charge in [0.15, 0.2) is 0 Å². The molecular weight excluding hydrogens is 344 g/mol. The fourth-order valence-electron chi connectivity index (χ4n) is 3.33. The lowest BCUT2D eigenvalue weighted by atomic mass is 9.87. The van der Waals surface area contributed by atoms with Crippen molar-refractivity contribution in [2.75, 3.05) is 4.90 Å². The van der Waals surface area contributed by atoms with E-state index in [0.717, 1.165) is 23.2 Å². The molecule has 1 saturated carbocycles. The Balaban J connectivity index is 1.67. The van der Waals surface area contributed by atoms with Gasteiger partial charge in [0.25, 0.3) is 5.91 Å². The molecule has 3 rings (SSSR count). The predicted molar refractivity (Wildman–Crippen MR) is 89.6 cm³/mol. The third-order valence-corrected chi connectivity index (χ3v) is 5.21. The molecule has 118 valence electrons. The van der Waals surface area contributed by atoms with Crippen molar-refractivity contribution in [3.63, 3.8) is 0 Å². The first-order valence-corrected chi connectivity index (χ1v) is 8.72. The zero-order chi connectivity index (χ0) is 15.7. The van der Waals surface area contributed by atoms with E-state index >= 15 is 0 Å². The van der Waals surface area contributed by atoms with E-state index in [1.807, 2.05) is 12.1 Å². The van der Waals surface area contributed by atoms with Gasteiger partial charge in [0.1, 0.15) is 0 Å². The van der Waals surface area contributed by atoms with E-state index < -0.39 is 0 Å². The molecule has 0 spiro atoms. The Labute approximate surface area is 139 Å². The predicted octanol–water partition coefficient (Wildman–Crippen LogP) is 3.25. The van der Waals surface area contributed by atoms with E-state index in [2.05, 4.69) is 28.2 Å². The Morgan fingerprint density at radius 2 is 1.73 bits per heavy atom. The molecule has 1 atom stereocenters. The monoisotopic (exact) mass is 364 g/mol. The molecule has 2 amide bonds. The van der Waals surface area contributed by atoms with Gasteiger partial charge in [-0.2, -0.15) is 0 Å². The molecule has 2 fully saturated rings. The maximum Gasteiger partial charge on any atom is 0.251 e. The molecule has 1 saturated heterocycles. The minimum atomic E-state index is -0.366. The normalized spacial score (nSPS) is 29.2. The molecule has 22 heavy (non-hydrogen) atoms. The van der Waals surface area contributed by atoms with Crippen LogP contribution < -0.4 is 10.2 Å². The third-order valence-electron chi connectivity index (χ3n) is 4.68. The summed E-state index contributed by atoms with van der Waals surface area (Å²) >= 11 is 3.37. The van der Waals surface area contributed by atoms with Gasteiger partial charge in [0.05, 0.1) is 18.2 Å². The van der Waals surface area contributed by atoms with Crippen LogP contribution in [0.1, 0.15) is 39.0 Å². The van der Waals surface area contributed by atoms with Crippen LogP contribution in [0.3, 0.4) is 0 Å². The van der Waals surface area contributed by atoms with E-state index in [0.29, 0.717) is 11.7 Å². The van der Waals surface area contributed by atoms with Crippen molar-refractivity contribution in [2.24, 2.45) is 5.92 Å². The number of halogens is 1. The Bertz CT molecular complexity index is 565. The number of hydrogen-bond donors (Lipinski definition) is 1. The van der Waals surface area contributed by atoms with Gasteiger partial charge in [0, 0.05) is 10.5 Å². The number of rotatable bonds is 3. The highest BCUT2D eigenvalue weighted by atomic mass is 79.9. The fourth-order valence-corrected chi connectivity index (χ4v) is 3.60. The maximum absolute atomic E-state index is 12.6. The molecule has 2 aliphatic rings. The number of benzene rings is 1. The largest absolute Gasteiger partial charge is 0.303 e. The fraction of sp³-hybridized carbons (Fsp3) is 0.529. The summed E-state index contributed by atoms with van der Waals surface area (Å²) in [6.07, 6.45) is 4.85. The Morgan fingerprint density at radius 3 is 2.36 bits per heavy atom. The lowest BCUT2D eigenvalue weighted by molar-refractivity contribution is -0.121. The highest BCUT2D eigenvalue weighted by Crippen LogP contribution is 2.27. The van der Waals surface area contributed by atoms with Crippen molar-refractivity contribution in [3.05, 3.63) is 28.7 Å². The lowest BCUT2D eigenvalue weighted by Crippen LogP contribution is -2.45. The van der Waals surface area contributed by atoms with Gasteiger partial charge in [-0.15, -0.1) is 0 Å². The molecule has 0 bridgehead atoms. The first-order chi connectivity index (χ1) is 10.5. The standard InChI is InChI=1S/C17H21BrN2O2/c1-11-2-6-13(7-3-11)19-15-10-16(21)20(17(15)22)14-8-4-12(18)5-9-14/h4-5,8-9,11,13,15,19H,2-3,6-7,10H2,1H3. The average molecular weight is 365 g/mol. The number of hydrogen-bond acceptors (Lipinski definition) is 3. The second-order valence-corrected chi connectivity index (χ2v) is 7.34. The molecule has 0 aromatic heterocycles. The number of nitrogens with one attached hydrogen (secondary N) is 1. The van der Waals surface area contributed by atoms with Gasteiger partial charge in [-0.25, -0.2) is 4.90 Å². The molecule has 1 N–H and O–H groups in total. The van der Waals surface area contributed by atoms with Crippen molar-refractivity contribution >= 4 is 33.4 Å². The van der Waals surface area contributed by atoms with Crippen LogP contribution >= 0.6 is 15.9 Å². The summed E-state index contributed by atoms with van der Waals surface area (Å²) in [4.78, 5) is 26.1. The first-order valence-electron chi connectivity index (χ1n) is 7.93. The maximum atomic E-state index is 12.6. The number of carbonyl (C=O) groups excluding carboxylic acids is 2. The summed E-state index contributed by atoms with van der Waals surface area (Å²) in [6.45, 7) is 2.27. The second kappa shape index (κ2) is 6.50. The molecule has 1 unspecified atom stereocenters. The SMILES string of the molecule is CC1CCC(NC2CC(=O)N(c3ccc(Br)cc3)C2=O)CC1. The summed E-state index contributed by atoms with van der Waals surface area (Å²) < 4.78 is 0.932. The van der Waals surface area contributed by atoms with Gasteiger partial charge >= 0.3 is 0 Å². The van der Waals surface area contributed by atoms with E-state index in [-0.39, 0.29) is 24.3 Å². The van der Waals surface area contributed by atoms with Gasteiger partial charge in [-0.05, 0) is 55.9 Å². The van der Waals surface area contributed by atoms with Crippen molar-refractivity contribution in [2.45, 2.75) is 51.1 Å². The molecule has 1 aliphatic heterocycles. The number of carbonyl (C=O) groups is 2. The van der Waals surface area contributed by atoms with Crippen molar-refractivity contribution < 1.29 is 9.59 Å². The lowest BCUT2D eigenvalue weighted by Gasteiger charge is -2.28. The molecule has 1 heterocycles. The third kappa shape index (κ3) is 3.25. The van der Waals surface area contributed by atoms with E-state index in [9.17, 15) is 9.59 Å². The summed E-state index contributed by atoms with van der Waals surface area (Å²) in [7, 11) is 0. The van der Waals surface area contributed by atoms with Gasteiger partial charge in [0.2, 0.25) is 5.91 Å². The minimum Gasteiger partial charge on any atom is -0.303 e. The average Bonchev–Trinajstić information content (AvgIpc) is 2.77. The van der Waals surface area contributed by atoms with Crippen LogP contribution in [0.15, 0.2) is 28.7 Å². The van der Waals surface area contributed by atoms with E-state index in [1.165, 1.54) is 17.7 Å². The van der Waals surface area contributed by atoms with Crippen LogP contribution in [0.25, 0.3) is 0 Å². The molecular formula is C17H21BrN2O2. The van der Waals surface area contributed by atoms with E-state index in [4.69, 9.17) is 0 Å². The summed E-state index contributed by atoms with van der Waals surface area (Å²) in [6, 6.07) is 7.28. The van der Waals surface area contributed by atoms with Crippen molar-refractivity contribution in [1.82, 2.24) is 5.32 Å². The van der Waals surface area contributed by atoms with Crippen LogP contribution in [0.5, 0.6) is 0 Å². The van der Waals surface area contributed by atoms with E-state index in [1.54, 1.807) is 12.1 Å². The summed E-state index contributed by atoms with van der Waals surface area (Å²) in [5, 5.41) is 3.41. The highest BCUT2D eigenvalue weighted by Gasteiger charge is 2.40. The van der Waals surface area contributed by atoms with Crippen LogP contribution in [0.4, 0.5) is 5.69 Å². The quantitative estimate of drug-likeness (QED) is 0.837. The molecule has 4 nitrogen and oxygen atoms in total. The van der Waals surface area contributed by atoms with Gasteiger partial charge < -0.3 is 5.32 Å². The highest BCUT2D eigenvalue weighted by molar-refractivity contribution is 9.10. The van der Waals surface area contributed by atoms with Gasteiger partial charge in [-0.3, -0.25) is 9.59 Å². The Morgan fingerprint density at radius 1 is 1.09 bits per heavy atom. The van der Waals surface area contributed by atoms with Crippen LogP contribution in [-0.2, 0) is 9.59 Å². The number of amides is 2. The topological polar surface area (TPSA) is 49.4 Å². The first kappa shape index (κ1) is 15.7. The smallest absolute Gasteiger partial charge is 0.251 e. The Kier molecular flexibility index (Phi) is 4.64. The zero-order valence-electron chi connectivity index (χ0n) is 12.7. The zero-order valence-corrected chi connectivity index (χ0v) is 14.3. The Hall–Kier alpha value is -1.20. The van der Waals surface area contributed by atoms with Gasteiger partial charge in [-0.1, -0.05) is 22.9 Å². The van der Waals surface area contributed by atoms with Crippen LogP contribution in [0.2, 0.25) is 0 Å². The van der Waals surface area contributed by atoms with Crippen molar-refractivity contribution in [3.8, 4) is 0 Å². The summed E-state index contributed by atoms with van der Waals surface area (Å²) in [5.74, 6) is 0.540.